The molecule has 3 aromatic heterocycles. The average Bonchev–Trinajstić information content (AvgIpc) is 3.66. The summed E-state index contributed by atoms with van der Waals surface area (Å²) in [6.07, 6.45) is -3.65. The molecule has 2 aliphatic heterocycles. The molecule has 0 radical (unpaired) electrons. The summed E-state index contributed by atoms with van der Waals surface area (Å²) in [6, 6.07) is 0.582. The first-order chi connectivity index (χ1) is 20.0. The molecule has 10 nitrogen and oxygen atoms in total. The van der Waals surface area contributed by atoms with E-state index in [0.29, 0.717) is 30.6 Å². The van der Waals surface area contributed by atoms with Crippen molar-refractivity contribution in [2.75, 3.05) is 57.9 Å². The van der Waals surface area contributed by atoms with E-state index in [4.69, 9.17) is 20.8 Å². The number of nitrogens with one attached hydrogen (secondary N) is 1. The van der Waals surface area contributed by atoms with Gasteiger partial charge < -0.3 is 24.3 Å². The van der Waals surface area contributed by atoms with E-state index in [-0.39, 0.29) is 43.3 Å². The number of anilines is 1. The van der Waals surface area contributed by atoms with E-state index < -0.39 is 41.6 Å². The first-order valence-electron chi connectivity index (χ1n) is 13.2. The van der Waals surface area contributed by atoms with E-state index in [9.17, 15) is 22.8 Å². The number of piperazine rings is 1. The number of ether oxygens (including phenoxy) is 1. The highest BCUT2D eigenvalue weighted by Crippen LogP contribution is 2.39. The number of thiophene rings is 1. The predicted molar refractivity (Wildman–Crippen MR) is 146 cm³/mol. The van der Waals surface area contributed by atoms with Gasteiger partial charge in [-0.3, -0.25) is 14.5 Å². The van der Waals surface area contributed by atoms with Gasteiger partial charge in [0.05, 0.1) is 48.5 Å². The van der Waals surface area contributed by atoms with Crippen LogP contribution in [0.3, 0.4) is 0 Å². The SMILES string of the molecule is Cc1occc1C(=O)n1nc(C2NCCN(C(=O)CN3CCOCC3)C2C(F)(F)F)c(F)c1N(C)Cc1ccc(Cl)s1. The molecule has 0 spiro atoms. The molecule has 2 aliphatic rings. The second kappa shape index (κ2) is 12.3. The third kappa shape index (κ3) is 6.20. The minimum atomic E-state index is -4.93. The molecule has 0 aliphatic carbocycles. The van der Waals surface area contributed by atoms with Crippen molar-refractivity contribution >= 4 is 40.6 Å². The number of furan rings is 1. The van der Waals surface area contributed by atoms with Gasteiger partial charge in [-0.25, -0.2) is 4.39 Å². The van der Waals surface area contributed by atoms with Crippen LogP contribution in [0.4, 0.5) is 23.4 Å². The van der Waals surface area contributed by atoms with Crippen LogP contribution in [-0.4, -0.2) is 96.6 Å². The van der Waals surface area contributed by atoms with Crippen molar-refractivity contribution in [3.05, 3.63) is 56.5 Å². The van der Waals surface area contributed by atoms with Crippen LogP contribution in [0.2, 0.25) is 4.34 Å². The predicted octanol–water partition coefficient (Wildman–Crippen LogP) is 3.70. The zero-order valence-corrected chi connectivity index (χ0v) is 24.4. The van der Waals surface area contributed by atoms with Gasteiger partial charge in [0.2, 0.25) is 5.91 Å². The number of rotatable bonds is 7. The number of hydrogen-bond acceptors (Lipinski definition) is 9. The Hall–Kier alpha value is -2.98. The first kappa shape index (κ1) is 30.5. The van der Waals surface area contributed by atoms with Crippen molar-refractivity contribution in [3.8, 4) is 0 Å². The lowest BCUT2D eigenvalue weighted by atomic mass is 9.99. The zero-order valence-electron chi connectivity index (χ0n) is 22.8. The van der Waals surface area contributed by atoms with Crippen LogP contribution in [0.25, 0.3) is 0 Å². The molecule has 42 heavy (non-hydrogen) atoms. The molecule has 1 N–H and O–H groups in total. The Labute approximate surface area is 247 Å². The lowest BCUT2D eigenvalue weighted by Crippen LogP contribution is -2.62. The number of carbonyl (C=O) groups is 2. The molecule has 5 heterocycles. The van der Waals surface area contributed by atoms with Crippen LogP contribution in [0.5, 0.6) is 0 Å². The first-order valence-corrected chi connectivity index (χ1v) is 14.4. The van der Waals surface area contributed by atoms with Crippen LogP contribution in [0.15, 0.2) is 28.9 Å². The molecule has 3 aromatic rings. The van der Waals surface area contributed by atoms with Gasteiger partial charge in [0.1, 0.15) is 17.5 Å². The van der Waals surface area contributed by atoms with Gasteiger partial charge in [-0.15, -0.1) is 11.3 Å². The molecule has 0 saturated carbocycles. The fourth-order valence-electron chi connectivity index (χ4n) is 5.25. The molecule has 2 fully saturated rings. The number of amides is 1. The maximum atomic E-state index is 16.3. The molecule has 16 heteroatoms. The van der Waals surface area contributed by atoms with Gasteiger partial charge in [-0.05, 0) is 25.1 Å². The molecule has 2 unspecified atom stereocenters. The summed E-state index contributed by atoms with van der Waals surface area (Å²) < 4.78 is 72.1. The molecular formula is C26H29ClF4N6O4S. The van der Waals surface area contributed by atoms with E-state index >= 15 is 4.39 Å². The summed E-state index contributed by atoms with van der Waals surface area (Å²) in [5.41, 5.74) is -0.550. The lowest BCUT2D eigenvalue weighted by Gasteiger charge is -2.42. The normalized spacial score (nSPS) is 20.2. The van der Waals surface area contributed by atoms with Gasteiger partial charge in [0, 0.05) is 38.1 Å². The van der Waals surface area contributed by atoms with E-state index in [1.165, 1.54) is 42.5 Å². The van der Waals surface area contributed by atoms with E-state index in [2.05, 4.69) is 10.4 Å². The van der Waals surface area contributed by atoms with Crippen LogP contribution in [0.1, 0.15) is 32.7 Å². The van der Waals surface area contributed by atoms with Crippen molar-refractivity contribution in [2.45, 2.75) is 31.7 Å². The van der Waals surface area contributed by atoms with Crippen molar-refractivity contribution in [3.63, 3.8) is 0 Å². The Morgan fingerprint density at radius 3 is 2.57 bits per heavy atom. The van der Waals surface area contributed by atoms with Crippen molar-refractivity contribution < 1.29 is 36.3 Å². The fraction of sp³-hybridized carbons (Fsp3) is 0.500. The second-order valence-electron chi connectivity index (χ2n) is 10.1. The van der Waals surface area contributed by atoms with Gasteiger partial charge >= 0.3 is 6.18 Å². The molecule has 1 amide bonds. The molecule has 2 atom stereocenters. The molecule has 5 rings (SSSR count). The van der Waals surface area contributed by atoms with Crippen LogP contribution < -0.4 is 10.2 Å². The Bertz CT molecular complexity index is 1440. The smallest absolute Gasteiger partial charge is 0.410 e. The topological polar surface area (TPSA) is 96.1 Å². The van der Waals surface area contributed by atoms with Gasteiger partial charge in [-0.1, -0.05) is 11.6 Å². The summed E-state index contributed by atoms with van der Waals surface area (Å²) in [5.74, 6) is -2.72. The largest absolute Gasteiger partial charge is 0.469 e. The van der Waals surface area contributed by atoms with Crippen LogP contribution in [0, 0.1) is 12.7 Å². The Kier molecular flexibility index (Phi) is 8.94. The van der Waals surface area contributed by atoms with Crippen molar-refractivity contribution in [1.82, 2.24) is 24.9 Å². The molecular weight excluding hydrogens is 604 g/mol. The molecule has 228 valence electrons. The van der Waals surface area contributed by atoms with E-state index in [1.54, 1.807) is 17.0 Å². The number of morpholine rings is 1. The maximum absolute atomic E-state index is 16.3. The minimum absolute atomic E-state index is 0.0357. The maximum Gasteiger partial charge on any atom is 0.410 e. The third-order valence-electron chi connectivity index (χ3n) is 7.28. The standard InChI is InChI=1S/C26H29ClF4N6O4S/c1-15-17(5-10-41-15)25(39)37-24(34(2)13-16-3-4-18(27)42-16)20(28)21(33-37)22-23(26(29,30)31)36(7-6-32-22)19(38)14-35-8-11-40-12-9-35/h3-5,10,22-23,32H,6-9,11-14H2,1-2H3. The highest BCUT2D eigenvalue weighted by atomic mass is 35.5. The number of halogens is 5. The summed E-state index contributed by atoms with van der Waals surface area (Å²) in [6.45, 7) is 2.72. The Morgan fingerprint density at radius 2 is 1.95 bits per heavy atom. The quantitative estimate of drug-likeness (QED) is 0.394. The van der Waals surface area contributed by atoms with Gasteiger partial charge in [-0.2, -0.15) is 23.0 Å². The Morgan fingerprint density at radius 1 is 1.21 bits per heavy atom. The monoisotopic (exact) mass is 632 g/mol. The average molecular weight is 633 g/mol. The number of nitrogens with zero attached hydrogens (tertiary/aromatic N) is 5. The third-order valence-corrected chi connectivity index (χ3v) is 8.49. The number of hydrogen-bond donors (Lipinski definition) is 1. The van der Waals surface area contributed by atoms with E-state index in [0.717, 1.165) is 14.5 Å². The summed E-state index contributed by atoms with van der Waals surface area (Å²) >= 11 is 7.28. The summed E-state index contributed by atoms with van der Waals surface area (Å²) in [4.78, 5) is 31.3. The lowest BCUT2D eigenvalue weighted by molar-refractivity contribution is -0.203. The summed E-state index contributed by atoms with van der Waals surface area (Å²) in [5, 5.41) is 6.84. The highest BCUT2D eigenvalue weighted by Gasteiger charge is 2.54. The highest BCUT2D eigenvalue weighted by molar-refractivity contribution is 7.16. The van der Waals surface area contributed by atoms with E-state index in [1.807, 2.05) is 0 Å². The number of carbonyl (C=O) groups excluding carboxylic acids is 2. The van der Waals surface area contributed by atoms with Crippen molar-refractivity contribution in [1.29, 1.82) is 0 Å². The zero-order chi connectivity index (χ0) is 30.2. The fourth-order valence-corrected chi connectivity index (χ4v) is 6.39. The number of alkyl halides is 3. The molecule has 0 aromatic carbocycles. The minimum Gasteiger partial charge on any atom is -0.469 e. The van der Waals surface area contributed by atoms with Crippen molar-refractivity contribution in [2.24, 2.45) is 0 Å². The number of aromatic nitrogens is 2. The van der Waals surface area contributed by atoms with Crippen LogP contribution >= 0.6 is 22.9 Å². The molecule has 2 saturated heterocycles. The Balaban J connectivity index is 1.54. The number of aryl methyl sites for hydroxylation is 1. The molecule has 0 bridgehead atoms. The second-order valence-corrected chi connectivity index (χ2v) is 11.9. The summed E-state index contributed by atoms with van der Waals surface area (Å²) in [7, 11) is 1.50. The van der Waals surface area contributed by atoms with Gasteiger partial charge in [0.25, 0.3) is 5.91 Å². The van der Waals surface area contributed by atoms with Gasteiger partial charge in [0.15, 0.2) is 11.6 Å². The van der Waals surface area contributed by atoms with Crippen LogP contribution in [-0.2, 0) is 16.1 Å².